The average Bonchev–Trinajstić information content (AvgIpc) is 2.69. The Morgan fingerprint density at radius 3 is 1.32 bits per heavy atom. The minimum atomic E-state index is -0.903. The predicted octanol–water partition coefficient (Wildman–Crippen LogP) is -0.988. The summed E-state index contributed by atoms with van der Waals surface area (Å²) in [5.41, 5.74) is 0. The van der Waals surface area contributed by atoms with Gasteiger partial charge < -0.3 is 19.3 Å². The van der Waals surface area contributed by atoms with Crippen molar-refractivity contribution in [3.05, 3.63) is 12.2 Å². The Labute approximate surface area is 161 Å². The van der Waals surface area contributed by atoms with Gasteiger partial charge in [0.1, 0.15) is 11.6 Å². The Morgan fingerprint density at radius 1 is 0.679 bits per heavy atom. The monoisotopic (exact) mass is 394 g/mol. The van der Waals surface area contributed by atoms with Crippen molar-refractivity contribution in [2.75, 3.05) is 39.4 Å². The molecule has 2 fully saturated rings. The molecule has 0 saturated carbocycles. The van der Waals surface area contributed by atoms with Gasteiger partial charge in [0.25, 0.3) is 11.8 Å². The maximum atomic E-state index is 11.9. The molecule has 2 amide bonds. The summed E-state index contributed by atoms with van der Waals surface area (Å²) in [6.45, 7) is 0.234. The molecule has 28 heavy (non-hydrogen) atoms. The molecule has 0 N–H and O–H groups in total. The van der Waals surface area contributed by atoms with Gasteiger partial charge in [0.2, 0.25) is 0 Å². The third-order valence-electron chi connectivity index (χ3n) is 4.38. The smallest absolute Gasteiger partial charge is 0.331 e. The normalized spacial score (nSPS) is 17.6. The maximum absolute atomic E-state index is 11.9. The molecule has 2 aliphatic rings. The minimum Gasteiger partial charge on any atom is -0.452 e. The van der Waals surface area contributed by atoms with E-state index < -0.39 is 37.0 Å². The lowest BCUT2D eigenvalue weighted by Gasteiger charge is -2.25. The zero-order valence-electron chi connectivity index (χ0n) is 15.4. The number of ketones is 2. The molecule has 10 nitrogen and oxygen atoms in total. The van der Waals surface area contributed by atoms with Crippen LogP contribution in [0.4, 0.5) is 0 Å². The Morgan fingerprint density at radius 2 is 1.00 bits per heavy atom. The molecule has 0 atom stereocenters. The number of rotatable bonds is 6. The molecule has 10 heteroatoms. The van der Waals surface area contributed by atoms with Crippen LogP contribution in [0.15, 0.2) is 12.2 Å². The Hall–Kier alpha value is -3.04. The van der Waals surface area contributed by atoms with Gasteiger partial charge in [0, 0.05) is 64.0 Å². The molecule has 0 aromatic heterocycles. The highest BCUT2D eigenvalue weighted by molar-refractivity contribution is 5.93. The van der Waals surface area contributed by atoms with Crippen LogP contribution in [0.25, 0.3) is 0 Å². The third kappa shape index (κ3) is 6.93. The number of ether oxygens (including phenoxy) is 2. The fraction of sp³-hybridized carbons (Fsp3) is 0.556. The van der Waals surface area contributed by atoms with E-state index in [1.165, 1.54) is 9.80 Å². The first kappa shape index (κ1) is 21.3. The van der Waals surface area contributed by atoms with Crippen molar-refractivity contribution in [1.29, 1.82) is 0 Å². The van der Waals surface area contributed by atoms with Gasteiger partial charge in [0.15, 0.2) is 13.2 Å². The molecule has 2 rings (SSSR count). The molecule has 0 aromatic rings. The fourth-order valence-electron chi connectivity index (χ4n) is 2.69. The van der Waals surface area contributed by atoms with Crippen molar-refractivity contribution < 1.29 is 38.2 Å². The van der Waals surface area contributed by atoms with Crippen molar-refractivity contribution in [3.8, 4) is 0 Å². The molecular weight excluding hydrogens is 372 g/mol. The summed E-state index contributed by atoms with van der Waals surface area (Å²) >= 11 is 0. The van der Waals surface area contributed by atoms with Crippen molar-refractivity contribution in [2.45, 2.75) is 25.7 Å². The second-order valence-corrected chi connectivity index (χ2v) is 6.39. The number of Topliss-reactive ketones (excluding diaryl/α,β-unsaturated/α-hetero) is 2. The van der Waals surface area contributed by atoms with Crippen molar-refractivity contribution in [2.24, 2.45) is 0 Å². The quantitative estimate of drug-likeness (QED) is 0.415. The summed E-state index contributed by atoms with van der Waals surface area (Å²) in [6, 6.07) is 0. The topological polar surface area (TPSA) is 127 Å². The number of carbonyl (C=O) groups excluding carboxylic acids is 6. The number of carbonyl (C=O) groups is 6. The van der Waals surface area contributed by atoms with Gasteiger partial charge >= 0.3 is 11.9 Å². The third-order valence-corrected chi connectivity index (χ3v) is 4.38. The van der Waals surface area contributed by atoms with Crippen LogP contribution in [0.5, 0.6) is 0 Å². The van der Waals surface area contributed by atoms with Gasteiger partial charge in [-0.25, -0.2) is 9.59 Å². The zero-order valence-corrected chi connectivity index (χ0v) is 15.4. The summed E-state index contributed by atoms with van der Waals surface area (Å²) in [7, 11) is 0. The highest BCUT2D eigenvalue weighted by Gasteiger charge is 2.22. The first-order valence-electron chi connectivity index (χ1n) is 8.95. The van der Waals surface area contributed by atoms with Gasteiger partial charge in [-0.3, -0.25) is 19.2 Å². The standard InChI is InChI=1S/C18H22N2O8/c21-13-3-7-19(8-4-13)15(23)11-27-17(25)1-2-18(26)28-12-16(24)20-9-5-14(22)6-10-20/h1-2H,3-12H2/b2-1+. The summed E-state index contributed by atoms with van der Waals surface area (Å²) in [5.74, 6) is -2.45. The largest absolute Gasteiger partial charge is 0.452 e. The van der Waals surface area contributed by atoms with Crippen LogP contribution >= 0.6 is 0 Å². The van der Waals surface area contributed by atoms with Gasteiger partial charge in [-0.05, 0) is 0 Å². The Balaban J connectivity index is 1.63. The number of esters is 2. The number of nitrogens with zero attached hydrogens (tertiary/aromatic N) is 2. The lowest BCUT2D eigenvalue weighted by Crippen LogP contribution is -2.40. The maximum Gasteiger partial charge on any atom is 0.331 e. The van der Waals surface area contributed by atoms with Gasteiger partial charge in [-0.2, -0.15) is 0 Å². The second-order valence-electron chi connectivity index (χ2n) is 6.39. The lowest BCUT2D eigenvalue weighted by molar-refractivity contribution is -0.150. The molecule has 2 aliphatic heterocycles. The molecule has 0 bridgehead atoms. The predicted molar refractivity (Wildman–Crippen MR) is 92.7 cm³/mol. The highest BCUT2D eigenvalue weighted by Crippen LogP contribution is 2.07. The van der Waals surface area contributed by atoms with Crippen LogP contribution in [0, 0.1) is 0 Å². The lowest BCUT2D eigenvalue weighted by atomic mass is 10.1. The van der Waals surface area contributed by atoms with Crippen LogP contribution < -0.4 is 0 Å². The number of hydrogen-bond acceptors (Lipinski definition) is 8. The minimum absolute atomic E-state index is 0.0924. The Bertz CT molecular complexity index is 622. The van der Waals surface area contributed by atoms with E-state index in [0.29, 0.717) is 26.2 Å². The molecule has 2 heterocycles. The summed E-state index contributed by atoms with van der Waals surface area (Å²) < 4.78 is 9.50. The summed E-state index contributed by atoms with van der Waals surface area (Å²) in [4.78, 5) is 72.0. The van der Waals surface area contributed by atoms with E-state index in [9.17, 15) is 28.8 Å². The van der Waals surface area contributed by atoms with E-state index in [1.807, 2.05) is 0 Å². The molecule has 0 radical (unpaired) electrons. The van der Waals surface area contributed by atoms with E-state index >= 15 is 0 Å². The van der Waals surface area contributed by atoms with Crippen molar-refractivity contribution in [1.82, 2.24) is 9.80 Å². The molecule has 0 spiro atoms. The SMILES string of the molecule is O=C1CCN(C(=O)COC(=O)/C=C/C(=O)OCC(=O)N2CCC(=O)CC2)CC1. The zero-order chi connectivity index (χ0) is 20.5. The average molecular weight is 394 g/mol. The summed E-state index contributed by atoms with van der Waals surface area (Å²) in [6.07, 6.45) is 2.77. The van der Waals surface area contributed by atoms with Crippen LogP contribution in [0.1, 0.15) is 25.7 Å². The second kappa shape index (κ2) is 10.3. The van der Waals surface area contributed by atoms with Gasteiger partial charge in [0.05, 0.1) is 0 Å². The van der Waals surface area contributed by atoms with Gasteiger partial charge in [-0.15, -0.1) is 0 Å². The number of amides is 2. The number of hydrogen-bond donors (Lipinski definition) is 0. The first-order valence-corrected chi connectivity index (χ1v) is 8.95. The van der Waals surface area contributed by atoms with Crippen LogP contribution in [-0.4, -0.2) is 84.5 Å². The first-order chi connectivity index (χ1) is 13.3. The number of piperidine rings is 2. The van der Waals surface area contributed by atoms with E-state index in [1.54, 1.807) is 0 Å². The molecule has 2 saturated heterocycles. The fourth-order valence-corrected chi connectivity index (χ4v) is 2.69. The van der Waals surface area contributed by atoms with E-state index in [4.69, 9.17) is 9.47 Å². The Kier molecular flexibility index (Phi) is 7.85. The van der Waals surface area contributed by atoms with Crippen LogP contribution in [0.3, 0.4) is 0 Å². The summed E-state index contributed by atoms with van der Waals surface area (Å²) in [5, 5.41) is 0. The molecule has 0 unspecified atom stereocenters. The molecule has 0 aliphatic carbocycles. The van der Waals surface area contributed by atoms with Crippen molar-refractivity contribution in [3.63, 3.8) is 0 Å². The molecule has 152 valence electrons. The van der Waals surface area contributed by atoms with Gasteiger partial charge in [-0.1, -0.05) is 0 Å². The molecular formula is C18H22N2O8. The number of likely N-dealkylation sites (tertiary alicyclic amines) is 2. The van der Waals surface area contributed by atoms with E-state index in [2.05, 4.69) is 0 Å². The highest BCUT2D eigenvalue weighted by atomic mass is 16.5. The van der Waals surface area contributed by atoms with E-state index in [-0.39, 0.29) is 37.2 Å². The molecule has 0 aromatic carbocycles. The van der Waals surface area contributed by atoms with Crippen LogP contribution in [0.2, 0.25) is 0 Å². The van der Waals surface area contributed by atoms with Crippen LogP contribution in [-0.2, 0) is 38.2 Å². The van der Waals surface area contributed by atoms with Crippen molar-refractivity contribution >= 4 is 35.3 Å². The van der Waals surface area contributed by atoms with E-state index in [0.717, 1.165) is 12.2 Å².